The van der Waals surface area contributed by atoms with Gasteiger partial charge in [-0.2, -0.15) is 0 Å². The fraction of sp³-hybridized carbons (Fsp3) is 0.500. The van der Waals surface area contributed by atoms with E-state index in [2.05, 4.69) is 13.0 Å². The zero-order valence-corrected chi connectivity index (χ0v) is 8.62. The predicted octanol–water partition coefficient (Wildman–Crippen LogP) is 2.42. The first-order chi connectivity index (χ1) is 6.83. The molecule has 0 heterocycles. The molecule has 0 radical (unpaired) electrons. The van der Waals surface area contributed by atoms with E-state index in [0.717, 1.165) is 31.6 Å². The van der Waals surface area contributed by atoms with Crippen LogP contribution in [0.2, 0.25) is 0 Å². The summed E-state index contributed by atoms with van der Waals surface area (Å²) in [4.78, 5) is 0. The van der Waals surface area contributed by atoms with E-state index in [1.807, 2.05) is 12.1 Å². The molecule has 0 spiro atoms. The summed E-state index contributed by atoms with van der Waals surface area (Å²) in [6.45, 7) is 2.92. The van der Waals surface area contributed by atoms with Gasteiger partial charge in [-0.25, -0.2) is 0 Å². The Morgan fingerprint density at radius 1 is 1.50 bits per heavy atom. The summed E-state index contributed by atoms with van der Waals surface area (Å²) >= 11 is 0. The number of ether oxygens (including phenoxy) is 1. The van der Waals surface area contributed by atoms with Gasteiger partial charge in [0.05, 0.1) is 6.61 Å². The number of rotatable bonds is 3. The average molecular weight is 191 g/mol. The van der Waals surface area contributed by atoms with Crippen molar-refractivity contribution in [1.29, 1.82) is 0 Å². The van der Waals surface area contributed by atoms with Crippen molar-refractivity contribution in [3.05, 3.63) is 29.3 Å². The molecule has 2 nitrogen and oxygen atoms in total. The number of benzene rings is 1. The van der Waals surface area contributed by atoms with Crippen LogP contribution in [0.4, 0.5) is 0 Å². The molecule has 1 aliphatic rings. The molecule has 0 aliphatic heterocycles. The van der Waals surface area contributed by atoms with Crippen LogP contribution in [0, 0.1) is 0 Å². The summed E-state index contributed by atoms with van der Waals surface area (Å²) in [5.41, 5.74) is 8.59. The minimum absolute atomic E-state index is 0.218. The summed E-state index contributed by atoms with van der Waals surface area (Å²) in [6.07, 6.45) is 3.17. The number of hydrogen-bond donors (Lipinski definition) is 1. The Morgan fingerprint density at radius 3 is 3.14 bits per heavy atom. The van der Waals surface area contributed by atoms with Crippen LogP contribution < -0.4 is 10.5 Å². The highest BCUT2D eigenvalue weighted by atomic mass is 16.5. The molecule has 0 amide bonds. The summed E-state index contributed by atoms with van der Waals surface area (Å²) in [6, 6.07) is 6.42. The predicted molar refractivity (Wildman–Crippen MR) is 57.5 cm³/mol. The highest BCUT2D eigenvalue weighted by molar-refractivity contribution is 5.44. The van der Waals surface area contributed by atoms with Gasteiger partial charge in [-0.15, -0.1) is 0 Å². The maximum Gasteiger partial charge on any atom is 0.122 e. The third-order valence-corrected chi connectivity index (χ3v) is 2.74. The minimum atomic E-state index is 0.218. The van der Waals surface area contributed by atoms with Gasteiger partial charge in [0.25, 0.3) is 0 Å². The Morgan fingerprint density at radius 2 is 2.36 bits per heavy atom. The fourth-order valence-electron chi connectivity index (χ4n) is 2.00. The van der Waals surface area contributed by atoms with Gasteiger partial charge in [0.2, 0.25) is 0 Å². The van der Waals surface area contributed by atoms with Crippen molar-refractivity contribution in [3.63, 3.8) is 0 Å². The van der Waals surface area contributed by atoms with Gasteiger partial charge in [0.15, 0.2) is 0 Å². The van der Waals surface area contributed by atoms with Crippen LogP contribution in [-0.2, 0) is 6.42 Å². The maximum absolute atomic E-state index is 5.99. The Bertz CT molecular complexity index is 322. The average Bonchev–Trinajstić information content (AvgIpc) is 2.58. The number of hydrogen-bond acceptors (Lipinski definition) is 2. The zero-order valence-electron chi connectivity index (χ0n) is 8.62. The molecule has 0 aromatic heterocycles. The molecular formula is C12H17NO. The van der Waals surface area contributed by atoms with Gasteiger partial charge in [-0.3, -0.25) is 0 Å². The van der Waals surface area contributed by atoms with Crippen LogP contribution >= 0.6 is 0 Å². The van der Waals surface area contributed by atoms with Crippen LogP contribution in [-0.4, -0.2) is 6.61 Å². The zero-order chi connectivity index (χ0) is 9.97. The molecule has 0 saturated carbocycles. The number of nitrogens with two attached hydrogens (primary N) is 1. The standard InChI is InChI=1S/C12H17NO/c1-2-8-14-12-5-3-4-9-10(12)6-7-11(9)13/h3-5,11H,2,6-8,13H2,1H3. The lowest BCUT2D eigenvalue weighted by Gasteiger charge is -2.10. The van der Waals surface area contributed by atoms with Crippen molar-refractivity contribution in [2.24, 2.45) is 5.73 Å². The van der Waals surface area contributed by atoms with Crippen LogP contribution in [0.25, 0.3) is 0 Å². The Labute approximate surface area is 85.1 Å². The van der Waals surface area contributed by atoms with Gasteiger partial charge in [0.1, 0.15) is 5.75 Å². The summed E-state index contributed by atoms with van der Waals surface area (Å²) in [5.74, 6) is 1.04. The molecule has 2 rings (SSSR count). The lowest BCUT2D eigenvalue weighted by atomic mass is 10.1. The first-order valence-electron chi connectivity index (χ1n) is 5.33. The van der Waals surface area contributed by atoms with Crippen molar-refractivity contribution in [2.75, 3.05) is 6.61 Å². The van der Waals surface area contributed by atoms with Crippen LogP contribution in [0.5, 0.6) is 5.75 Å². The van der Waals surface area contributed by atoms with E-state index in [1.54, 1.807) is 0 Å². The molecule has 76 valence electrons. The molecule has 1 atom stereocenters. The van der Waals surface area contributed by atoms with E-state index in [-0.39, 0.29) is 6.04 Å². The minimum Gasteiger partial charge on any atom is -0.493 e. The van der Waals surface area contributed by atoms with Gasteiger partial charge < -0.3 is 10.5 Å². The monoisotopic (exact) mass is 191 g/mol. The molecular weight excluding hydrogens is 174 g/mol. The quantitative estimate of drug-likeness (QED) is 0.796. The molecule has 2 heteroatoms. The van der Waals surface area contributed by atoms with E-state index in [0.29, 0.717) is 0 Å². The Kier molecular flexibility index (Phi) is 2.73. The van der Waals surface area contributed by atoms with Crippen LogP contribution in [0.15, 0.2) is 18.2 Å². The molecule has 1 unspecified atom stereocenters. The third-order valence-electron chi connectivity index (χ3n) is 2.74. The number of fused-ring (bicyclic) bond motifs is 1. The molecule has 1 aromatic rings. The Balaban J connectivity index is 2.25. The first-order valence-corrected chi connectivity index (χ1v) is 5.33. The van der Waals surface area contributed by atoms with E-state index in [1.165, 1.54) is 11.1 Å². The van der Waals surface area contributed by atoms with Crippen LogP contribution in [0.3, 0.4) is 0 Å². The molecule has 0 saturated heterocycles. The van der Waals surface area contributed by atoms with E-state index >= 15 is 0 Å². The van der Waals surface area contributed by atoms with Crippen LogP contribution in [0.1, 0.15) is 36.9 Å². The Hall–Kier alpha value is -1.02. The largest absolute Gasteiger partial charge is 0.493 e. The highest BCUT2D eigenvalue weighted by Gasteiger charge is 2.21. The van der Waals surface area contributed by atoms with Crippen molar-refractivity contribution in [2.45, 2.75) is 32.2 Å². The second kappa shape index (κ2) is 4.01. The van der Waals surface area contributed by atoms with Gasteiger partial charge in [0, 0.05) is 6.04 Å². The van der Waals surface area contributed by atoms with Gasteiger partial charge in [-0.05, 0) is 36.5 Å². The van der Waals surface area contributed by atoms with Crippen molar-refractivity contribution in [1.82, 2.24) is 0 Å². The normalized spacial score (nSPS) is 19.4. The smallest absolute Gasteiger partial charge is 0.122 e. The van der Waals surface area contributed by atoms with Crippen molar-refractivity contribution >= 4 is 0 Å². The summed E-state index contributed by atoms with van der Waals surface area (Å²) in [5, 5.41) is 0. The molecule has 0 fully saturated rings. The van der Waals surface area contributed by atoms with Gasteiger partial charge in [-0.1, -0.05) is 19.1 Å². The van der Waals surface area contributed by atoms with E-state index in [4.69, 9.17) is 10.5 Å². The van der Waals surface area contributed by atoms with E-state index in [9.17, 15) is 0 Å². The lowest BCUT2D eigenvalue weighted by Crippen LogP contribution is -2.05. The molecule has 1 aromatic carbocycles. The summed E-state index contributed by atoms with van der Waals surface area (Å²) < 4.78 is 5.69. The first kappa shape index (κ1) is 9.53. The second-order valence-electron chi connectivity index (χ2n) is 3.82. The third kappa shape index (κ3) is 1.62. The van der Waals surface area contributed by atoms with E-state index < -0.39 is 0 Å². The molecule has 2 N–H and O–H groups in total. The van der Waals surface area contributed by atoms with Gasteiger partial charge >= 0.3 is 0 Å². The second-order valence-corrected chi connectivity index (χ2v) is 3.82. The molecule has 1 aliphatic carbocycles. The molecule has 14 heavy (non-hydrogen) atoms. The van der Waals surface area contributed by atoms with Crippen molar-refractivity contribution in [3.8, 4) is 5.75 Å². The van der Waals surface area contributed by atoms with Crippen molar-refractivity contribution < 1.29 is 4.74 Å². The summed E-state index contributed by atoms with van der Waals surface area (Å²) in [7, 11) is 0. The topological polar surface area (TPSA) is 35.2 Å². The maximum atomic E-state index is 5.99. The highest BCUT2D eigenvalue weighted by Crippen LogP contribution is 2.35. The molecule has 0 bridgehead atoms. The SMILES string of the molecule is CCCOc1cccc2c1CCC2N. The fourth-order valence-corrected chi connectivity index (χ4v) is 2.00. The lowest BCUT2D eigenvalue weighted by molar-refractivity contribution is 0.314.